The number of anilines is 1. The van der Waals surface area contributed by atoms with Crippen molar-refractivity contribution in [3.63, 3.8) is 0 Å². The zero-order valence-corrected chi connectivity index (χ0v) is 12.5. The van der Waals surface area contributed by atoms with Crippen molar-refractivity contribution in [1.29, 1.82) is 0 Å². The number of nitrogens with zero attached hydrogens (tertiary/aromatic N) is 1. The summed E-state index contributed by atoms with van der Waals surface area (Å²) in [7, 11) is 1.81. The molecule has 0 bridgehead atoms. The van der Waals surface area contributed by atoms with Gasteiger partial charge in [0.05, 0.1) is 23.4 Å². The van der Waals surface area contributed by atoms with Gasteiger partial charge in [-0.05, 0) is 38.5 Å². The van der Waals surface area contributed by atoms with Gasteiger partial charge in [0.2, 0.25) is 5.91 Å². The fourth-order valence-electron chi connectivity index (χ4n) is 1.76. The lowest BCUT2D eigenvalue weighted by Gasteiger charge is -2.21. The number of nitrogens with one attached hydrogen (secondary N) is 1. The maximum atomic E-state index is 11.7. The molecule has 0 radical (unpaired) electrons. The van der Waals surface area contributed by atoms with E-state index >= 15 is 0 Å². The van der Waals surface area contributed by atoms with Crippen LogP contribution in [-0.2, 0) is 4.79 Å². The molecule has 0 unspecified atom stereocenters. The monoisotopic (exact) mass is 284 g/mol. The number of amides is 1. The highest BCUT2D eigenvalue weighted by atomic mass is 35.5. The molecule has 0 heterocycles. The van der Waals surface area contributed by atoms with Crippen LogP contribution in [0.5, 0.6) is 0 Å². The topological polar surface area (TPSA) is 52.6 Å². The van der Waals surface area contributed by atoms with Crippen LogP contribution < -0.4 is 10.2 Å². The Balaban J connectivity index is 2.77. The van der Waals surface area contributed by atoms with Gasteiger partial charge in [0.1, 0.15) is 0 Å². The minimum absolute atomic E-state index is 0.0480. The summed E-state index contributed by atoms with van der Waals surface area (Å²) >= 11 is 6.17. The Morgan fingerprint density at radius 2 is 2.05 bits per heavy atom. The third-order valence-corrected chi connectivity index (χ3v) is 3.00. The van der Waals surface area contributed by atoms with E-state index < -0.39 is 6.10 Å². The molecule has 2 N–H and O–H groups in total. The molecule has 0 spiro atoms. The van der Waals surface area contributed by atoms with Crippen LogP contribution in [0.15, 0.2) is 18.2 Å². The minimum atomic E-state index is -0.555. The fraction of sp³-hybridized carbons (Fsp3) is 0.500. The highest BCUT2D eigenvalue weighted by Crippen LogP contribution is 2.28. The van der Waals surface area contributed by atoms with Gasteiger partial charge in [-0.25, -0.2) is 0 Å². The Morgan fingerprint density at radius 1 is 1.42 bits per heavy atom. The Hall–Kier alpha value is -1.26. The molecule has 1 amide bonds. The third kappa shape index (κ3) is 4.73. The number of carbonyl (C=O) groups excluding carboxylic acids is 1. The Labute approximate surface area is 119 Å². The van der Waals surface area contributed by atoms with E-state index in [1.807, 2.05) is 33.0 Å². The summed E-state index contributed by atoms with van der Waals surface area (Å²) in [5.41, 5.74) is 1.53. The number of benzene rings is 1. The van der Waals surface area contributed by atoms with Crippen molar-refractivity contribution in [2.75, 3.05) is 18.5 Å². The highest BCUT2D eigenvalue weighted by Gasteiger charge is 2.12. The predicted octanol–water partition coefficient (Wildman–Crippen LogP) is 2.35. The van der Waals surface area contributed by atoms with Gasteiger partial charge in [-0.15, -0.1) is 0 Å². The first-order valence-corrected chi connectivity index (χ1v) is 6.67. The van der Waals surface area contributed by atoms with E-state index in [-0.39, 0.29) is 18.5 Å². The standard InChI is InChI=1S/C14H21ClN2O2/c1-9(2)16-14(19)8-17(4)13-6-5-11(10(3)18)7-12(13)15/h5-7,9-10,18H,8H2,1-4H3,(H,16,19)/t10-/m1/s1. The first-order valence-electron chi connectivity index (χ1n) is 6.29. The van der Waals surface area contributed by atoms with Crippen molar-refractivity contribution in [2.24, 2.45) is 0 Å². The number of halogens is 1. The van der Waals surface area contributed by atoms with Gasteiger partial charge in [0, 0.05) is 13.1 Å². The first kappa shape index (κ1) is 15.8. The number of rotatable bonds is 5. The average Bonchev–Trinajstić information content (AvgIpc) is 2.26. The van der Waals surface area contributed by atoms with E-state index in [4.69, 9.17) is 11.6 Å². The molecular weight excluding hydrogens is 264 g/mol. The van der Waals surface area contributed by atoms with Crippen LogP contribution in [0.2, 0.25) is 5.02 Å². The molecule has 0 saturated heterocycles. The second-order valence-corrected chi connectivity index (χ2v) is 5.37. The summed E-state index contributed by atoms with van der Waals surface area (Å²) in [6, 6.07) is 5.46. The van der Waals surface area contributed by atoms with E-state index in [1.54, 1.807) is 17.9 Å². The van der Waals surface area contributed by atoms with Gasteiger partial charge in [-0.1, -0.05) is 17.7 Å². The smallest absolute Gasteiger partial charge is 0.239 e. The second kappa shape index (κ2) is 6.78. The molecule has 0 saturated carbocycles. The lowest BCUT2D eigenvalue weighted by Crippen LogP contribution is -2.38. The molecule has 19 heavy (non-hydrogen) atoms. The van der Waals surface area contributed by atoms with Crippen molar-refractivity contribution < 1.29 is 9.90 Å². The third-order valence-electron chi connectivity index (χ3n) is 2.70. The van der Waals surface area contributed by atoms with Crippen LogP contribution in [0.25, 0.3) is 0 Å². The molecule has 1 aromatic rings. The zero-order valence-electron chi connectivity index (χ0n) is 11.8. The molecule has 0 aliphatic rings. The van der Waals surface area contributed by atoms with E-state index in [0.717, 1.165) is 11.3 Å². The summed E-state index contributed by atoms with van der Waals surface area (Å²) in [5.74, 6) is -0.0480. The van der Waals surface area contributed by atoms with Crippen LogP contribution >= 0.6 is 11.6 Å². The zero-order chi connectivity index (χ0) is 14.6. The summed E-state index contributed by atoms with van der Waals surface area (Å²) in [5, 5.41) is 12.8. The quantitative estimate of drug-likeness (QED) is 0.873. The van der Waals surface area contributed by atoms with Crippen molar-refractivity contribution in [3.05, 3.63) is 28.8 Å². The minimum Gasteiger partial charge on any atom is -0.389 e. The van der Waals surface area contributed by atoms with E-state index in [9.17, 15) is 9.90 Å². The second-order valence-electron chi connectivity index (χ2n) is 4.97. The molecule has 0 aromatic heterocycles. The number of hydrogen-bond acceptors (Lipinski definition) is 3. The van der Waals surface area contributed by atoms with Gasteiger partial charge in [-0.2, -0.15) is 0 Å². The molecule has 1 aromatic carbocycles. The normalized spacial score (nSPS) is 12.4. The Kier molecular flexibility index (Phi) is 5.63. The summed E-state index contributed by atoms with van der Waals surface area (Å²) < 4.78 is 0. The molecule has 1 rings (SSSR count). The molecule has 1 atom stereocenters. The molecule has 0 aliphatic heterocycles. The lowest BCUT2D eigenvalue weighted by molar-refractivity contribution is -0.120. The van der Waals surface area contributed by atoms with E-state index in [0.29, 0.717) is 5.02 Å². The fourth-order valence-corrected chi connectivity index (χ4v) is 2.09. The van der Waals surface area contributed by atoms with Crippen LogP contribution in [-0.4, -0.2) is 30.6 Å². The van der Waals surface area contributed by atoms with Gasteiger partial charge >= 0.3 is 0 Å². The largest absolute Gasteiger partial charge is 0.389 e. The van der Waals surface area contributed by atoms with Gasteiger partial charge in [0.25, 0.3) is 0 Å². The highest BCUT2D eigenvalue weighted by molar-refractivity contribution is 6.33. The molecular formula is C14H21ClN2O2. The summed E-state index contributed by atoms with van der Waals surface area (Å²) in [4.78, 5) is 13.5. The molecule has 106 valence electrons. The van der Waals surface area contributed by atoms with Crippen molar-refractivity contribution in [2.45, 2.75) is 32.9 Å². The van der Waals surface area contributed by atoms with E-state index in [1.165, 1.54) is 0 Å². The Morgan fingerprint density at radius 3 is 2.53 bits per heavy atom. The number of likely N-dealkylation sites (N-methyl/N-ethyl adjacent to an activating group) is 1. The van der Waals surface area contributed by atoms with E-state index in [2.05, 4.69) is 5.32 Å². The molecule has 0 fully saturated rings. The average molecular weight is 285 g/mol. The lowest BCUT2D eigenvalue weighted by atomic mass is 10.1. The SMILES string of the molecule is CC(C)NC(=O)CN(C)c1ccc([C@@H](C)O)cc1Cl. The van der Waals surface area contributed by atoms with Crippen LogP contribution in [0, 0.1) is 0 Å². The Bertz CT molecular complexity index is 447. The van der Waals surface area contributed by atoms with Gasteiger partial charge in [-0.3, -0.25) is 4.79 Å². The summed E-state index contributed by atoms with van der Waals surface area (Å²) in [6.07, 6.45) is -0.555. The van der Waals surface area contributed by atoms with Gasteiger partial charge < -0.3 is 15.3 Å². The van der Waals surface area contributed by atoms with Crippen LogP contribution in [0.4, 0.5) is 5.69 Å². The maximum Gasteiger partial charge on any atom is 0.239 e. The summed E-state index contributed by atoms with van der Waals surface area (Å²) in [6.45, 7) is 5.77. The number of hydrogen-bond donors (Lipinski definition) is 2. The number of aliphatic hydroxyl groups is 1. The van der Waals surface area contributed by atoms with Crippen molar-refractivity contribution in [3.8, 4) is 0 Å². The molecule has 0 aliphatic carbocycles. The first-order chi connectivity index (χ1) is 8.81. The predicted molar refractivity (Wildman–Crippen MR) is 78.6 cm³/mol. The van der Waals surface area contributed by atoms with Crippen LogP contribution in [0.1, 0.15) is 32.4 Å². The molecule has 4 nitrogen and oxygen atoms in total. The van der Waals surface area contributed by atoms with Crippen LogP contribution in [0.3, 0.4) is 0 Å². The maximum absolute atomic E-state index is 11.7. The number of carbonyl (C=O) groups is 1. The van der Waals surface area contributed by atoms with Crippen molar-refractivity contribution >= 4 is 23.2 Å². The molecule has 5 heteroatoms. The number of aliphatic hydroxyl groups excluding tert-OH is 1. The van der Waals surface area contributed by atoms with Gasteiger partial charge in [0.15, 0.2) is 0 Å². The van der Waals surface area contributed by atoms with Crippen molar-refractivity contribution in [1.82, 2.24) is 5.32 Å².